The van der Waals surface area contributed by atoms with E-state index in [1.54, 1.807) is 16.8 Å². The van der Waals surface area contributed by atoms with Crippen LogP contribution < -0.4 is 10.1 Å². The molecule has 1 N–H and O–H groups in total. The number of para-hydroxylation sites is 1. The third-order valence-corrected chi connectivity index (χ3v) is 3.68. The van der Waals surface area contributed by atoms with Gasteiger partial charge in [-0.25, -0.2) is 4.39 Å². The summed E-state index contributed by atoms with van der Waals surface area (Å²) in [5, 5.41) is 7.64. The molecule has 2 aromatic carbocycles. The molecule has 0 amide bonds. The van der Waals surface area contributed by atoms with Crippen molar-refractivity contribution in [2.24, 2.45) is 0 Å². The molecule has 5 heteroatoms. The molecule has 0 radical (unpaired) electrons. The summed E-state index contributed by atoms with van der Waals surface area (Å²) in [5.74, 6) is 0.574. The van der Waals surface area contributed by atoms with Crippen molar-refractivity contribution in [1.82, 2.24) is 15.1 Å². The third kappa shape index (κ3) is 4.00. The predicted octanol–water partition coefficient (Wildman–Crippen LogP) is 3.37. The van der Waals surface area contributed by atoms with Gasteiger partial charge < -0.3 is 10.1 Å². The first-order chi connectivity index (χ1) is 11.8. The Morgan fingerprint density at radius 3 is 2.58 bits per heavy atom. The molecule has 0 spiro atoms. The Morgan fingerprint density at radius 2 is 1.83 bits per heavy atom. The monoisotopic (exact) mass is 325 g/mol. The third-order valence-electron chi connectivity index (χ3n) is 3.68. The zero-order valence-electron chi connectivity index (χ0n) is 13.6. The molecule has 124 valence electrons. The Morgan fingerprint density at radius 1 is 1.08 bits per heavy atom. The van der Waals surface area contributed by atoms with Crippen molar-refractivity contribution in [2.45, 2.75) is 19.7 Å². The number of hydrogen-bond donors (Lipinski definition) is 1. The lowest BCUT2D eigenvalue weighted by molar-refractivity contribution is 0.293. The second kappa shape index (κ2) is 7.75. The first-order valence-electron chi connectivity index (χ1n) is 7.87. The summed E-state index contributed by atoms with van der Waals surface area (Å²) in [6.45, 7) is 1.42. The molecule has 4 nitrogen and oxygen atoms in total. The van der Waals surface area contributed by atoms with Crippen molar-refractivity contribution >= 4 is 0 Å². The van der Waals surface area contributed by atoms with Crippen LogP contribution in [0.15, 0.2) is 60.7 Å². The van der Waals surface area contributed by atoms with Gasteiger partial charge in [0, 0.05) is 12.1 Å². The lowest BCUT2D eigenvalue weighted by Crippen LogP contribution is -2.11. The van der Waals surface area contributed by atoms with Gasteiger partial charge in [0.25, 0.3) is 0 Å². The van der Waals surface area contributed by atoms with Gasteiger partial charge in [0.1, 0.15) is 18.2 Å². The van der Waals surface area contributed by atoms with E-state index >= 15 is 0 Å². The Labute approximate surface area is 140 Å². The molecular formula is C19H20FN3O. The lowest BCUT2D eigenvalue weighted by Gasteiger charge is -2.10. The molecule has 0 atom stereocenters. The number of aromatic nitrogens is 2. The second-order valence-electron chi connectivity index (χ2n) is 5.51. The van der Waals surface area contributed by atoms with Gasteiger partial charge >= 0.3 is 0 Å². The lowest BCUT2D eigenvalue weighted by atomic mass is 10.2. The van der Waals surface area contributed by atoms with E-state index in [0.717, 1.165) is 17.1 Å². The van der Waals surface area contributed by atoms with E-state index in [0.29, 0.717) is 25.3 Å². The summed E-state index contributed by atoms with van der Waals surface area (Å²) in [4.78, 5) is 0. The highest BCUT2D eigenvalue weighted by atomic mass is 19.1. The summed E-state index contributed by atoms with van der Waals surface area (Å²) in [5.41, 5.74) is 2.42. The Bertz CT molecular complexity index is 786. The van der Waals surface area contributed by atoms with Gasteiger partial charge in [-0.05, 0) is 31.3 Å². The van der Waals surface area contributed by atoms with Crippen LogP contribution in [0.25, 0.3) is 0 Å². The minimum absolute atomic E-state index is 0.224. The van der Waals surface area contributed by atoms with Gasteiger partial charge in [-0.15, -0.1) is 0 Å². The molecule has 0 saturated carbocycles. The highest BCUT2D eigenvalue weighted by Crippen LogP contribution is 2.15. The summed E-state index contributed by atoms with van der Waals surface area (Å²) in [7, 11) is 1.87. The van der Waals surface area contributed by atoms with E-state index < -0.39 is 0 Å². The molecule has 3 aromatic rings. The number of benzene rings is 2. The van der Waals surface area contributed by atoms with Crippen molar-refractivity contribution in [2.75, 3.05) is 7.05 Å². The van der Waals surface area contributed by atoms with Crippen LogP contribution in [0.2, 0.25) is 0 Å². The highest BCUT2D eigenvalue weighted by Gasteiger charge is 2.11. The zero-order valence-corrected chi connectivity index (χ0v) is 13.6. The van der Waals surface area contributed by atoms with E-state index in [1.807, 2.05) is 49.5 Å². The zero-order chi connectivity index (χ0) is 16.8. The number of halogens is 1. The van der Waals surface area contributed by atoms with Crippen LogP contribution in [0.1, 0.15) is 17.0 Å². The molecular weight excluding hydrogens is 305 g/mol. The van der Waals surface area contributed by atoms with E-state index in [9.17, 15) is 4.39 Å². The molecule has 0 aliphatic carbocycles. The highest BCUT2D eigenvalue weighted by molar-refractivity contribution is 5.22. The molecule has 0 saturated heterocycles. The van der Waals surface area contributed by atoms with Crippen molar-refractivity contribution < 1.29 is 9.13 Å². The van der Waals surface area contributed by atoms with Gasteiger partial charge in [0.05, 0.1) is 17.9 Å². The van der Waals surface area contributed by atoms with Gasteiger partial charge in [-0.3, -0.25) is 4.68 Å². The molecule has 1 aromatic heterocycles. The molecule has 0 fully saturated rings. The Hall–Kier alpha value is -2.66. The fourth-order valence-corrected chi connectivity index (χ4v) is 2.50. The molecule has 0 aliphatic heterocycles. The first kappa shape index (κ1) is 16.2. The number of rotatable bonds is 7. The maximum absolute atomic E-state index is 13.9. The van der Waals surface area contributed by atoms with Crippen molar-refractivity contribution in [3.8, 4) is 5.75 Å². The second-order valence-corrected chi connectivity index (χ2v) is 5.51. The summed E-state index contributed by atoms with van der Waals surface area (Å²) in [6.07, 6.45) is 0. The smallest absolute Gasteiger partial charge is 0.130 e. The Kier molecular flexibility index (Phi) is 5.23. The average Bonchev–Trinajstić information content (AvgIpc) is 2.98. The van der Waals surface area contributed by atoms with Crippen LogP contribution in [0.4, 0.5) is 4.39 Å². The average molecular weight is 325 g/mol. The van der Waals surface area contributed by atoms with Gasteiger partial charge in [0.2, 0.25) is 0 Å². The quantitative estimate of drug-likeness (QED) is 0.724. The maximum Gasteiger partial charge on any atom is 0.130 e. The van der Waals surface area contributed by atoms with Crippen LogP contribution >= 0.6 is 0 Å². The normalized spacial score (nSPS) is 10.8. The standard InChI is InChI=1S/C19H20FN3O/c1-21-12-16-11-17(14-24-18-8-3-2-4-9-18)23(22-16)13-15-7-5-6-10-19(15)20/h2-11,21H,12-14H2,1H3. The van der Waals surface area contributed by atoms with Crippen LogP contribution in [0.5, 0.6) is 5.75 Å². The summed E-state index contributed by atoms with van der Waals surface area (Å²) >= 11 is 0. The fraction of sp³-hybridized carbons (Fsp3) is 0.211. The molecule has 1 heterocycles. The van der Waals surface area contributed by atoms with Crippen LogP contribution in [-0.2, 0) is 19.7 Å². The van der Waals surface area contributed by atoms with Crippen molar-refractivity contribution in [3.63, 3.8) is 0 Å². The number of hydrogen-bond acceptors (Lipinski definition) is 3. The predicted molar refractivity (Wildman–Crippen MR) is 91.3 cm³/mol. The topological polar surface area (TPSA) is 39.1 Å². The number of nitrogens with one attached hydrogen (secondary N) is 1. The van der Waals surface area contributed by atoms with E-state index in [1.165, 1.54) is 6.07 Å². The first-order valence-corrected chi connectivity index (χ1v) is 7.87. The minimum Gasteiger partial charge on any atom is -0.487 e. The summed E-state index contributed by atoms with van der Waals surface area (Å²) in [6, 6.07) is 18.4. The van der Waals surface area contributed by atoms with Gasteiger partial charge in [-0.2, -0.15) is 5.10 Å². The molecule has 0 aliphatic rings. The van der Waals surface area contributed by atoms with Crippen molar-refractivity contribution in [3.05, 3.63) is 83.4 Å². The van der Waals surface area contributed by atoms with Crippen LogP contribution in [0.3, 0.4) is 0 Å². The fourth-order valence-electron chi connectivity index (χ4n) is 2.50. The SMILES string of the molecule is CNCc1cc(COc2ccccc2)n(Cc2ccccc2F)n1. The van der Waals surface area contributed by atoms with Crippen molar-refractivity contribution in [1.29, 1.82) is 0 Å². The summed E-state index contributed by atoms with van der Waals surface area (Å²) < 4.78 is 21.5. The number of nitrogens with zero attached hydrogens (tertiary/aromatic N) is 2. The van der Waals surface area contributed by atoms with E-state index in [-0.39, 0.29) is 5.82 Å². The molecule has 24 heavy (non-hydrogen) atoms. The van der Waals surface area contributed by atoms with Crippen LogP contribution in [0, 0.1) is 5.82 Å². The van der Waals surface area contributed by atoms with E-state index in [4.69, 9.17) is 4.74 Å². The largest absolute Gasteiger partial charge is 0.487 e. The molecule has 0 bridgehead atoms. The van der Waals surface area contributed by atoms with Gasteiger partial charge in [-0.1, -0.05) is 36.4 Å². The maximum atomic E-state index is 13.9. The van der Waals surface area contributed by atoms with Crippen LogP contribution in [-0.4, -0.2) is 16.8 Å². The minimum atomic E-state index is -0.224. The molecule has 0 unspecified atom stereocenters. The molecule has 3 rings (SSSR count). The van der Waals surface area contributed by atoms with Gasteiger partial charge in [0.15, 0.2) is 0 Å². The Balaban J connectivity index is 1.80. The number of ether oxygens (including phenoxy) is 1. The van der Waals surface area contributed by atoms with E-state index in [2.05, 4.69) is 10.4 Å².